The summed E-state index contributed by atoms with van der Waals surface area (Å²) in [5.74, 6) is -1.63. The second-order valence-electron chi connectivity index (χ2n) is 2.81. The molecule has 0 aliphatic rings. The maximum absolute atomic E-state index is 12.8. The molecular formula is C9H5ClF2N2OS. The SMILES string of the molecule is Fc1ccc(OCc2nnc(Cl)s2)cc1F. The standard InChI is InChI=1S/C9H5ClF2N2OS/c10-9-14-13-8(16-9)4-15-5-1-2-6(11)7(12)3-5/h1-3H,4H2. The molecular weight excluding hydrogens is 258 g/mol. The van der Waals surface area contributed by atoms with Gasteiger partial charge in [-0.2, -0.15) is 0 Å². The Bertz CT molecular complexity index is 506. The Morgan fingerprint density at radius 1 is 1.25 bits per heavy atom. The molecule has 0 amide bonds. The predicted molar refractivity (Wildman–Crippen MR) is 55.6 cm³/mol. The molecule has 0 saturated heterocycles. The first kappa shape index (κ1) is 11.2. The molecule has 2 rings (SSSR count). The zero-order chi connectivity index (χ0) is 11.5. The molecule has 16 heavy (non-hydrogen) atoms. The van der Waals surface area contributed by atoms with Crippen LogP contribution in [0, 0.1) is 11.6 Å². The lowest BCUT2D eigenvalue weighted by Crippen LogP contribution is -1.96. The molecule has 0 bridgehead atoms. The van der Waals surface area contributed by atoms with Gasteiger partial charge in [0.1, 0.15) is 12.4 Å². The van der Waals surface area contributed by atoms with Crippen molar-refractivity contribution in [3.05, 3.63) is 39.3 Å². The number of benzene rings is 1. The summed E-state index contributed by atoms with van der Waals surface area (Å²) in [7, 11) is 0. The van der Waals surface area contributed by atoms with Gasteiger partial charge < -0.3 is 4.74 Å². The van der Waals surface area contributed by atoms with E-state index >= 15 is 0 Å². The largest absolute Gasteiger partial charge is 0.486 e. The molecule has 0 saturated carbocycles. The number of ether oxygens (including phenoxy) is 1. The average Bonchev–Trinajstić information content (AvgIpc) is 2.66. The van der Waals surface area contributed by atoms with Gasteiger partial charge in [0, 0.05) is 6.07 Å². The van der Waals surface area contributed by atoms with Crippen LogP contribution < -0.4 is 4.74 Å². The van der Waals surface area contributed by atoms with Gasteiger partial charge in [-0.25, -0.2) is 8.78 Å². The zero-order valence-electron chi connectivity index (χ0n) is 7.78. The van der Waals surface area contributed by atoms with Crippen molar-refractivity contribution < 1.29 is 13.5 Å². The van der Waals surface area contributed by atoms with E-state index in [-0.39, 0.29) is 12.4 Å². The number of rotatable bonds is 3. The minimum absolute atomic E-state index is 0.120. The Kier molecular flexibility index (Phi) is 3.31. The quantitative estimate of drug-likeness (QED) is 0.853. The van der Waals surface area contributed by atoms with Crippen molar-refractivity contribution in [2.24, 2.45) is 0 Å². The van der Waals surface area contributed by atoms with Crippen LogP contribution >= 0.6 is 22.9 Å². The summed E-state index contributed by atoms with van der Waals surface area (Å²) in [4.78, 5) is 0. The minimum Gasteiger partial charge on any atom is -0.486 e. The van der Waals surface area contributed by atoms with Crippen LogP contribution in [0.5, 0.6) is 5.75 Å². The fourth-order valence-electron chi connectivity index (χ4n) is 1.00. The Balaban J connectivity index is 2.02. The number of aromatic nitrogens is 2. The van der Waals surface area contributed by atoms with Crippen LogP contribution in [0.3, 0.4) is 0 Å². The van der Waals surface area contributed by atoms with E-state index in [1.165, 1.54) is 6.07 Å². The van der Waals surface area contributed by atoms with Crippen molar-refractivity contribution in [1.29, 1.82) is 0 Å². The van der Waals surface area contributed by atoms with Crippen molar-refractivity contribution in [2.75, 3.05) is 0 Å². The Hall–Kier alpha value is -1.27. The van der Waals surface area contributed by atoms with Gasteiger partial charge in [0.15, 0.2) is 16.6 Å². The summed E-state index contributed by atoms with van der Waals surface area (Å²) in [5, 5.41) is 7.86. The van der Waals surface area contributed by atoms with E-state index in [0.717, 1.165) is 23.5 Å². The molecule has 2 aromatic rings. The minimum atomic E-state index is -0.951. The molecule has 0 radical (unpaired) electrons. The third-order valence-corrected chi connectivity index (χ3v) is 2.69. The van der Waals surface area contributed by atoms with E-state index in [2.05, 4.69) is 10.2 Å². The van der Waals surface area contributed by atoms with E-state index in [1.807, 2.05) is 0 Å². The third-order valence-electron chi connectivity index (χ3n) is 1.70. The van der Waals surface area contributed by atoms with Gasteiger partial charge in [-0.1, -0.05) is 11.3 Å². The van der Waals surface area contributed by atoms with E-state index in [1.54, 1.807) is 0 Å². The average molecular weight is 263 g/mol. The monoisotopic (exact) mass is 262 g/mol. The lowest BCUT2D eigenvalue weighted by atomic mass is 10.3. The van der Waals surface area contributed by atoms with Gasteiger partial charge in [0.25, 0.3) is 0 Å². The van der Waals surface area contributed by atoms with Crippen molar-refractivity contribution >= 4 is 22.9 Å². The maximum atomic E-state index is 12.8. The first-order valence-corrected chi connectivity index (χ1v) is 5.40. The van der Waals surface area contributed by atoms with Gasteiger partial charge in [0.05, 0.1) is 0 Å². The van der Waals surface area contributed by atoms with Crippen LogP contribution in [0.4, 0.5) is 8.78 Å². The van der Waals surface area contributed by atoms with Crippen molar-refractivity contribution in [2.45, 2.75) is 6.61 Å². The summed E-state index contributed by atoms with van der Waals surface area (Å²) in [5.41, 5.74) is 0. The predicted octanol–water partition coefficient (Wildman–Crippen LogP) is 3.05. The van der Waals surface area contributed by atoms with Gasteiger partial charge >= 0.3 is 0 Å². The van der Waals surface area contributed by atoms with E-state index in [9.17, 15) is 8.78 Å². The van der Waals surface area contributed by atoms with Crippen LogP contribution in [-0.2, 0) is 6.61 Å². The number of hydrogen-bond donors (Lipinski definition) is 0. The summed E-state index contributed by atoms with van der Waals surface area (Å²) < 4.78 is 30.9. The summed E-state index contributed by atoms with van der Waals surface area (Å²) in [6, 6.07) is 3.30. The Morgan fingerprint density at radius 3 is 2.69 bits per heavy atom. The van der Waals surface area contributed by atoms with Crippen LogP contribution in [0.2, 0.25) is 4.47 Å². The molecule has 0 aliphatic carbocycles. The molecule has 1 aromatic carbocycles. The maximum Gasteiger partial charge on any atom is 0.207 e. The molecule has 0 atom stereocenters. The fraction of sp³-hybridized carbons (Fsp3) is 0.111. The molecule has 0 spiro atoms. The summed E-state index contributed by atoms with van der Waals surface area (Å²) in [6.45, 7) is 0.120. The number of halogens is 3. The van der Waals surface area contributed by atoms with Crippen LogP contribution in [0.1, 0.15) is 5.01 Å². The van der Waals surface area contributed by atoms with Crippen LogP contribution in [-0.4, -0.2) is 10.2 Å². The fourth-order valence-corrected chi connectivity index (χ4v) is 1.78. The number of nitrogens with zero attached hydrogens (tertiary/aromatic N) is 2. The van der Waals surface area contributed by atoms with Gasteiger partial charge in [-0.3, -0.25) is 0 Å². The molecule has 0 unspecified atom stereocenters. The molecule has 3 nitrogen and oxygen atoms in total. The first-order chi connectivity index (χ1) is 7.65. The summed E-state index contributed by atoms with van der Waals surface area (Å²) in [6.07, 6.45) is 0. The van der Waals surface area contributed by atoms with Crippen molar-refractivity contribution in [3.8, 4) is 5.75 Å². The molecule has 1 heterocycles. The summed E-state index contributed by atoms with van der Waals surface area (Å²) >= 11 is 6.73. The lowest BCUT2D eigenvalue weighted by Gasteiger charge is -2.03. The van der Waals surface area contributed by atoms with Crippen molar-refractivity contribution in [3.63, 3.8) is 0 Å². The van der Waals surface area contributed by atoms with E-state index in [0.29, 0.717) is 9.47 Å². The van der Waals surface area contributed by atoms with Crippen molar-refractivity contribution in [1.82, 2.24) is 10.2 Å². The highest BCUT2D eigenvalue weighted by atomic mass is 35.5. The van der Waals surface area contributed by atoms with Crippen LogP contribution in [0.15, 0.2) is 18.2 Å². The normalized spacial score (nSPS) is 10.4. The molecule has 84 valence electrons. The topological polar surface area (TPSA) is 35.0 Å². The Morgan fingerprint density at radius 2 is 2.06 bits per heavy atom. The zero-order valence-corrected chi connectivity index (χ0v) is 9.36. The molecule has 0 aliphatic heterocycles. The highest BCUT2D eigenvalue weighted by molar-refractivity contribution is 7.15. The smallest absolute Gasteiger partial charge is 0.207 e. The molecule has 0 N–H and O–H groups in total. The van der Waals surface area contributed by atoms with Gasteiger partial charge in [-0.05, 0) is 23.7 Å². The van der Waals surface area contributed by atoms with Crippen LogP contribution in [0.25, 0.3) is 0 Å². The molecule has 0 fully saturated rings. The Labute approximate surface area is 98.6 Å². The van der Waals surface area contributed by atoms with E-state index < -0.39 is 11.6 Å². The lowest BCUT2D eigenvalue weighted by molar-refractivity contribution is 0.301. The highest BCUT2D eigenvalue weighted by Gasteiger charge is 2.05. The van der Waals surface area contributed by atoms with Gasteiger partial charge in [0.2, 0.25) is 4.47 Å². The van der Waals surface area contributed by atoms with Gasteiger partial charge in [-0.15, -0.1) is 10.2 Å². The third kappa shape index (κ3) is 2.65. The number of hydrogen-bond acceptors (Lipinski definition) is 4. The van der Waals surface area contributed by atoms with E-state index in [4.69, 9.17) is 16.3 Å². The second-order valence-corrected chi connectivity index (χ2v) is 4.46. The molecule has 7 heteroatoms. The first-order valence-electron chi connectivity index (χ1n) is 4.21. The highest BCUT2D eigenvalue weighted by Crippen LogP contribution is 2.19. The second kappa shape index (κ2) is 4.71. The molecule has 1 aromatic heterocycles.